The molecule has 0 aromatic carbocycles. The number of hydrogen-bond donors (Lipinski definition) is 0. The molecule has 0 aliphatic rings. The summed E-state index contributed by atoms with van der Waals surface area (Å²) >= 11 is 0. The zero-order valence-corrected chi connectivity index (χ0v) is 18.2. The molecule has 3 nitrogen and oxygen atoms in total. The molecule has 0 rings (SSSR count). The highest BCUT2D eigenvalue weighted by Crippen LogP contribution is 2.17. The highest BCUT2D eigenvalue weighted by molar-refractivity contribution is 5.88. The number of rotatable bonds is 15. The van der Waals surface area contributed by atoms with Crippen molar-refractivity contribution in [1.29, 1.82) is 0 Å². The largest absolute Gasteiger partial charge is 0.393 e. The van der Waals surface area contributed by atoms with Crippen LogP contribution in [0.5, 0.6) is 0 Å². The third kappa shape index (κ3) is 16.6. The van der Waals surface area contributed by atoms with Crippen LogP contribution in [0.25, 0.3) is 0 Å². The van der Waals surface area contributed by atoms with E-state index in [4.69, 9.17) is 4.74 Å². The van der Waals surface area contributed by atoms with Gasteiger partial charge < -0.3 is 4.74 Å². The number of hydrogen-bond acceptors (Lipinski definition) is 3. The van der Waals surface area contributed by atoms with Crippen LogP contribution in [0.4, 0.5) is 0 Å². The first-order chi connectivity index (χ1) is 12.2. The summed E-state index contributed by atoms with van der Waals surface area (Å²) in [5.74, 6) is 0.0485. The molecule has 0 heterocycles. The van der Waals surface area contributed by atoms with Crippen LogP contribution in [0.1, 0.15) is 125 Å². The summed E-state index contributed by atoms with van der Waals surface area (Å²) in [6.07, 6.45) is 17.0. The van der Waals surface area contributed by atoms with Gasteiger partial charge in [-0.15, -0.1) is 0 Å². The zero-order valence-electron chi connectivity index (χ0n) is 18.2. The lowest BCUT2D eigenvalue weighted by Crippen LogP contribution is -2.25. The Labute approximate surface area is 162 Å². The molecule has 0 fully saturated rings. The molecule has 0 aliphatic carbocycles. The first-order valence-corrected chi connectivity index (χ1v) is 11.0. The van der Waals surface area contributed by atoms with Crippen LogP contribution in [-0.4, -0.2) is 11.9 Å². The summed E-state index contributed by atoms with van der Waals surface area (Å²) in [5, 5.41) is 0. The summed E-state index contributed by atoms with van der Waals surface area (Å²) in [7, 11) is 0. The second kappa shape index (κ2) is 15.2. The Morgan fingerprint density at radius 2 is 1.08 bits per heavy atom. The van der Waals surface area contributed by atoms with E-state index < -0.39 is 11.4 Å². The summed E-state index contributed by atoms with van der Waals surface area (Å²) in [6.45, 7) is 9.89. The molecule has 0 unspecified atom stereocenters. The minimum Gasteiger partial charge on any atom is -0.393 e. The fraction of sp³-hybridized carbons (Fsp3) is 0.913. The average Bonchev–Trinajstić information content (AvgIpc) is 2.53. The van der Waals surface area contributed by atoms with Crippen molar-refractivity contribution in [3.8, 4) is 0 Å². The molecule has 0 bridgehead atoms. The predicted molar refractivity (Wildman–Crippen MR) is 110 cm³/mol. The Morgan fingerprint density at radius 1 is 0.692 bits per heavy atom. The lowest BCUT2D eigenvalue weighted by molar-refractivity contribution is -0.165. The van der Waals surface area contributed by atoms with Gasteiger partial charge >= 0.3 is 11.9 Å². The maximum Gasteiger partial charge on any atom is 0.318 e. The van der Waals surface area contributed by atoms with Gasteiger partial charge in [0.05, 0.1) is 5.41 Å². The SMILES string of the molecule is CC(C)CCCCCCCCCCCCCCC(=O)OC(=O)C(C)(C)C. The second-order valence-corrected chi connectivity index (χ2v) is 9.19. The van der Waals surface area contributed by atoms with Gasteiger partial charge in [0.2, 0.25) is 0 Å². The van der Waals surface area contributed by atoms with Gasteiger partial charge in [0.15, 0.2) is 0 Å². The molecule has 0 saturated heterocycles. The van der Waals surface area contributed by atoms with Crippen molar-refractivity contribution < 1.29 is 14.3 Å². The number of unbranched alkanes of at least 4 members (excludes halogenated alkanes) is 11. The van der Waals surface area contributed by atoms with E-state index in [1.165, 1.54) is 70.6 Å². The average molecular weight is 369 g/mol. The lowest BCUT2D eigenvalue weighted by Gasteiger charge is -2.15. The molecule has 0 aromatic heterocycles. The number of esters is 2. The maximum absolute atomic E-state index is 11.6. The van der Waals surface area contributed by atoms with Gasteiger partial charge in [-0.1, -0.05) is 90.9 Å². The molecule has 0 N–H and O–H groups in total. The topological polar surface area (TPSA) is 43.4 Å². The Kier molecular flexibility index (Phi) is 14.7. The van der Waals surface area contributed by atoms with Crippen molar-refractivity contribution in [3.05, 3.63) is 0 Å². The van der Waals surface area contributed by atoms with Crippen molar-refractivity contribution >= 4 is 11.9 Å². The first-order valence-electron chi connectivity index (χ1n) is 11.0. The molecule has 0 saturated carbocycles. The van der Waals surface area contributed by atoms with Crippen molar-refractivity contribution in [3.63, 3.8) is 0 Å². The van der Waals surface area contributed by atoms with Crippen LogP contribution in [0.2, 0.25) is 0 Å². The van der Waals surface area contributed by atoms with E-state index in [-0.39, 0.29) is 5.97 Å². The quantitative estimate of drug-likeness (QED) is 0.174. The number of carbonyl (C=O) groups is 2. The van der Waals surface area contributed by atoms with E-state index in [0.29, 0.717) is 6.42 Å². The molecular formula is C23H44O3. The lowest BCUT2D eigenvalue weighted by atomic mass is 9.97. The van der Waals surface area contributed by atoms with Crippen LogP contribution in [0, 0.1) is 11.3 Å². The zero-order chi connectivity index (χ0) is 19.8. The van der Waals surface area contributed by atoms with E-state index in [2.05, 4.69) is 13.8 Å². The van der Waals surface area contributed by atoms with Gasteiger partial charge in [-0.05, 0) is 33.1 Å². The predicted octanol–water partition coefficient (Wildman–Crippen LogP) is 7.22. The van der Waals surface area contributed by atoms with Crippen LogP contribution < -0.4 is 0 Å². The molecular weight excluding hydrogens is 324 g/mol. The monoisotopic (exact) mass is 368 g/mol. The summed E-state index contributed by atoms with van der Waals surface area (Å²) in [4.78, 5) is 23.2. The van der Waals surface area contributed by atoms with Crippen LogP contribution in [0.15, 0.2) is 0 Å². The second-order valence-electron chi connectivity index (χ2n) is 9.19. The van der Waals surface area contributed by atoms with Crippen LogP contribution in [-0.2, 0) is 14.3 Å². The number of carbonyl (C=O) groups excluding carboxylic acids is 2. The standard InChI is InChI=1S/C23H44O3/c1-20(2)18-16-14-12-10-8-6-7-9-11-13-15-17-19-21(24)26-22(25)23(3,4)5/h20H,6-19H2,1-5H3. The van der Waals surface area contributed by atoms with E-state index in [0.717, 1.165) is 18.8 Å². The molecule has 0 amide bonds. The Morgan fingerprint density at radius 3 is 1.46 bits per heavy atom. The van der Waals surface area contributed by atoms with E-state index in [1.807, 2.05) is 0 Å². The van der Waals surface area contributed by atoms with Gasteiger partial charge in [-0.25, -0.2) is 0 Å². The smallest absolute Gasteiger partial charge is 0.318 e. The van der Waals surface area contributed by atoms with Crippen molar-refractivity contribution in [2.24, 2.45) is 11.3 Å². The third-order valence-electron chi connectivity index (χ3n) is 4.73. The molecule has 3 heteroatoms. The number of ether oxygens (including phenoxy) is 1. The fourth-order valence-corrected chi connectivity index (χ4v) is 2.90. The van der Waals surface area contributed by atoms with E-state index >= 15 is 0 Å². The molecule has 0 atom stereocenters. The van der Waals surface area contributed by atoms with E-state index in [9.17, 15) is 9.59 Å². The highest BCUT2D eigenvalue weighted by atomic mass is 16.6. The minimum atomic E-state index is -0.607. The highest BCUT2D eigenvalue weighted by Gasteiger charge is 2.25. The molecule has 0 aromatic rings. The van der Waals surface area contributed by atoms with Gasteiger partial charge in [0, 0.05) is 6.42 Å². The third-order valence-corrected chi connectivity index (χ3v) is 4.73. The van der Waals surface area contributed by atoms with Crippen LogP contribution >= 0.6 is 0 Å². The summed E-state index contributed by atoms with van der Waals surface area (Å²) < 4.78 is 4.86. The van der Waals surface area contributed by atoms with Gasteiger partial charge in [-0.3, -0.25) is 9.59 Å². The Balaban J connectivity index is 3.29. The van der Waals surface area contributed by atoms with Crippen molar-refractivity contribution in [2.45, 2.75) is 125 Å². The van der Waals surface area contributed by atoms with Crippen molar-refractivity contribution in [2.75, 3.05) is 0 Å². The van der Waals surface area contributed by atoms with Crippen LogP contribution in [0.3, 0.4) is 0 Å². The Bertz CT molecular complexity index is 366. The van der Waals surface area contributed by atoms with Gasteiger partial charge in [0.25, 0.3) is 0 Å². The molecule has 26 heavy (non-hydrogen) atoms. The minimum absolute atomic E-state index is 0.360. The first kappa shape index (κ1) is 25.1. The fourth-order valence-electron chi connectivity index (χ4n) is 2.90. The normalized spacial score (nSPS) is 11.8. The molecule has 0 aliphatic heterocycles. The molecule has 154 valence electrons. The molecule has 0 radical (unpaired) electrons. The van der Waals surface area contributed by atoms with Gasteiger partial charge in [0.1, 0.15) is 0 Å². The van der Waals surface area contributed by atoms with Crippen molar-refractivity contribution in [1.82, 2.24) is 0 Å². The Hall–Kier alpha value is -0.860. The summed E-state index contributed by atoms with van der Waals surface area (Å²) in [6, 6.07) is 0. The van der Waals surface area contributed by atoms with Gasteiger partial charge in [-0.2, -0.15) is 0 Å². The summed E-state index contributed by atoms with van der Waals surface area (Å²) in [5.41, 5.74) is -0.607. The maximum atomic E-state index is 11.6. The molecule has 0 spiro atoms. The van der Waals surface area contributed by atoms with E-state index in [1.54, 1.807) is 20.8 Å².